The van der Waals surface area contributed by atoms with E-state index < -0.39 is 5.97 Å². The van der Waals surface area contributed by atoms with Gasteiger partial charge in [0.15, 0.2) is 0 Å². The first-order valence-corrected chi connectivity index (χ1v) is 3.79. The van der Waals surface area contributed by atoms with E-state index in [1.807, 2.05) is 6.08 Å². The Bertz CT molecular complexity index is 163. The summed E-state index contributed by atoms with van der Waals surface area (Å²) in [7, 11) is 0. The van der Waals surface area contributed by atoms with Crippen molar-refractivity contribution in [2.45, 2.75) is 25.4 Å². The van der Waals surface area contributed by atoms with Crippen molar-refractivity contribution in [2.75, 3.05) is 6.61 Å². The van der Waals surface area contributed by atoms with Crippen LogP contribution >= 0.6 is 0 Å². The zero-order chi connectivity index (χ0) is 8.10. The molecule has 0 amide bonds. The molecule has 0 spiro atoms. The van der Waals surface area contributed by atoms with Crippen molar-refractivity contribution in [3.05, 3.63) is 12.2 Å². The van der Waals surface area contributed by atoms with E-state index in [0.29, 0.717) is 6.61 Å². The average molecular weight is 156 g/mol. The molecule has 1 aliphatic rings. The fraction of sp³-hybridized carbons (Fsp3) is 0.625. The smallest absolute Gasteiger partial charge is 0.305 e. The summed E-state index contributed by atoms with van der Waals surface area (Å²) >= 11 is 0. The first-order valence-electron chi connectivity index (χ1n) is 3.79. The summed E-state index contributed by atoms with van der Waals surface area (Å²) in [5, 5.41) is 8.29. The zero-order valence-corrected chi connectivity index (χ0v) is 6.32. The van der Waals surface area contributed by atoms with Crippen molar-refractivity contribution in [2.24, 2.45) is 0 Å². The molecule has 11 heavy (non-hydrogen) atoms. The lowest BCUT2D eigenvalue weighted by Gasteiger charge is -2.07. The molecule has 0 aromatic carbocycles. The lowest BCUT2D eigenvalue weighted by Crippen LogP contribution is -2.10. The van der Waals surface area contributed by atoms with Gasteiger partial charge < -0.3 is 9.84 Å². The third-order valence-corrected chi connectivity index (χ3v) is 1.62. The Hall–Kier alpha value is -0.830. The van der Waals surface area contributed by atoms with Crippen LogP contribution in [-0.2, 0) is 9.53 Å². The Morgan fingerprint density at radius 2 is 2.55 bits per heavy atom. The molecule has 0 bridgehead atoms. The van der Waals surface area contributed by atoms with Gasteiger partial charge in [0.05, 0.1) is 19.1 Å². The molecule has 0 saturated heterocycles. The van der Waals surface area contributed by atoms with E-state index in [0.717, 1.165) is 12.8 Å². The maximum Gasteiger partial charge on any atom is 0.305 e. The summed E-state index contributed by atoms with van der Waals surface area (Å²) in [6, 6.07) is 0. The van der Waals surface area contributed by atoms with E-state index in [2.05, 4.69) is 6.08 Å². The quantitative estimate of drug-likeness (QED) is 0.622. The Morgan fingerprint density at radius 1 is 1.73 bits per heavy atom. The zero-order valence-electron chi connectivity index (χ0n) is 6.32. The first-order chi connectivity index (χ1) is 5.29. The molecule has 3 nitrogen and oxygen atoms in total. The molecule has 0 aromatic heterocycles. The molecule has 0 aliphatic heterocycles. The Labute approximate surface area is 65.7 Å². The second-order valence-electron chi connectivity index (χ2n) is 2.56. The van der Waals surface area contributed by atoms with Crippen molar-refractivity contribution in [3.8, 4) is 0 Å². The molecule has 1 rings (SSSR count). The Kier molecular flexibility index (Phi) is 3.11. The minimum absolute atomic E-state index is 0.102. The lowest BCUT2D eigenvalue weighted by atomic mass is 10.3. The van der Waals surface area contributed by atoms with Gasteiger partial charge in [-0.3, -0.25) is 4.79 Å². The number of hydrogen-bond donors (Lipinski definition) is 1. The molecule has 3 heteroatoms. The fourth-order valence-electron chi connectivity index (χ4n) is 1.04. The molecule has 1 unspecified atom stereocenters. The first kappa shape index (κ1) is 8.27. The highest BCUT2D eigenvalue weighted by Crippen LogP contribution is 2.12. The topological polar surface area (TPSA) is 46.5 Å². The van der Waals surface area contributed by atoms with Gasteiger partial charge in [-0.2, -0.15) is 0 Å². The van der Waals surface area contributed by atoms with Gasteiger partial charge in [0, 0.05) is 0 Å². The average Bonchev–Trinajstić information content (AvgIpc) is 2.39. The van der Waals surface area contributed by atoms with Crippen molar-refractivity contribution in [1.29, 1.82) is 0 Å². The molecule has 0 radical (unpaired) electrons. The molecule has 0 fully saturated rings. The fourth-order valence-corrected chi connectivity index (χ4v) is 1.04. The van der Waals surface area contributed by atoms with Crippen molar-refractivity contribution in [3.63, 3.8) is 0 Å². The third-order valence-electron chi connectivity index (χ3n) is 1.62. The van der Waals surface area contributed by atoms with Gasteiger partial charge in [-0.1, -0.05) is 12.2 Å². The van der Waals surface area contributed by atoms with Crippen LogP contribution in [-0.4, -0.2) is 23.8 Å². The highest BCUT2D eigenvalue weighted by Gasteiger charge is 2.09. The number of aliphatic carboxylic acids is 1. The number of carbonyl (C=O) groups is 1. The SMILES string of the molecule is O=C(O)CCOC1C=CCC1. The van der Waals surface area contributed by atoms with E-state index in [1.165, 1.54) is 0 Å². The van der Waals surface area contributed by atoms with E-state index >= 15 is 0 Å². The third kappa shape index (κ3) is 3.18. The second kappa shape index (κ2) is 4.13. The second-order valence-corrected chi connectivity index (χ2v) is 2.56. The molecule has 1 N–H and O–H groups in total. The lowest BCUT2D eigenvalue weighted by molar-refractivity contribution is -0.138. The highest BCUT2D eigenvalue weighted by atomic mass is 16.5. The maximum atomic E-state index is 10.1. The monoisotopic (exact) mass is 156 g/mol. The number of carboxylic acid groups (broad SMARTS) is 1. The summed E-state index contributed by atoms with van der Waals surface area (Å²) in [5.41, 5.74) is 0. The Morgan fingerprint density at radius 3 is 3.09 bits per heavy atom. The summed E-state index contributed by atoms with van der Waals surface area (Å²) in [6.07, 6.45) is 6.36. The molecule has 0 heterocycles. The minimum Gasteiger partial charge on any atom is -0.481 e. The van der Waals surface area contributed by atoms with Gasteiger partial charge in [-0.25, -0.2) is 0 Å². The van der Waals surface area contributed by atoms with Crippen LogP contribution in [0.4, 0.5) is 0 Å². The van der Waals surface area contributed by atoms with Crippen LogP contribution in [0.3, 0.4) is 0 Å². The molecule has 1 aliphatic carbocycles. The molecular weight excluding hydrogens is 144 g/mol. The largest absolute Gasteiger partial charge is 0.481 e. The van der Waals surface area contributed by atoms with Gasteiger partial charge in [0.1, 0.15) is 0 Å². The maximum absolute atomic E-state index is 10.1. The molecule has 0 saturated carbocycles. The number of rotatable bonds is 4. The van der Waals surface area contributed by atoms with Crippen molar-refractivity contribution in [1.82, 2.24) is 0 Å². The normalized spacial score (nSPS) is 22.4. The van der Waals surface area contributed by atoms with Gasteiger partial charge in [0.25, 0.3) is 0 Å². The van der Waals surface area contributed by atoms with Gasteiger partial charge in [0.2, 0.25) is 0 Å². The van der Waals surface area contributed by atoms with E-state index in [1.54, 1.807) is 0 Å². The summed E-state index contributed by atoms with van der Waals surface area (Å²) in [5.74, 6) is -0.799. The van der Waals surface area contributed by atoms with Crippen LogP contribution in [0.15, 0.2) is 12.2 Å². The van der Waals surface area contributed by atoms with Crippen molar-refractivity contribution < 1.29 is 14.6 Å². The summed E-state index contributed by atoms with van der Waals surface area (Å²) in [4.78, 5) is 10.1. The van der Waals surface area contributed by atoms with E-state index in [4.69, 9.17) is 9.84 Å². The predicted molar refractivity (Wildman–Crippen MR) is 40.4 cm³/mol. The van der Waals surface area contributed by atoms with Gasteiger partial charge >= 0.3 is 5.97 Å². The van der Waals surface area contributed by atoms with Crippen LogP contribution in [0.2, 0.25) is 0 Å². The molecule has 1 atom stereocenters. The standard InChI is InChI=1S/C8H12O3/c9-8(10)5-6-11-7-3-1-2-4-7/h1,3,7H,2,4-6H2,(H,9,10). The Balaban J connectivity index is 2.03. The van der Waals surface area contributed by atoms with Crippen LogP contribution in [0, 0.1) is 0 Å². The van der Waals surface area contributed by atoms with Crippen molar-refractivity contribution >= 4 is 5.97 Å². The number of ether oxygens (including phenoxy) is 1. The van der Waals surface area contributed by atoms with E-state index in [-0.39, 0.29) is 12.5 Å². The minimum atomic E-state index is -0.799. The number of hydrogen-bond acceptors (Lipinski definition) is 2. The van der Waals surface area contributed by atoms with Crippen LogP contribution in [0.5, 0.6) is 0 Å². The molecule has 62 valence electrons. The molecule has 0 aromatic rings. The molecular formula is C8H12O3. The number of carboxylic acids is 1. The highest BCUT2D eigenvalue weighted by molar-refractivity contribution is 5.66. The summed E-state index contributed by atoms with van der Waals surface area (Å²) < 4.78 is 5.25. The van der Waals surface area contributed by atoms with Crippen LogP contribution in [0.25, 0.3) is 0 Å². The van der Waals surface area contributed by atoms with Gasteiger partial charge in [-0.05, 0) is 12.8 Å². The van der Waals surface area contributed by atoms with Crippen LogP contribution in [0.1, 0.15) is 19.3 Å². The van der Waals surface area contributed by atoms with Crippen LogP contribution < -0.4 is 0 Å². The van der Waals surface area contributed by atoms with E-state index in [9.17, 15) is 4.79 Å². The number of allylic oxidation sites excluding steroid dienone is 1. The summed E-state index contributed by atoms with van der Waals surface area (Å²) in [6.45, 7) is 0.324. The van der Waals surface area contributed by atoms with Gasteiger partial charge in [-0.15, -0.1) is 0 Å². The predicted octanol–water partition coefficient (Wildman–Crippen LogP) is 1.20.